The molecular weight excluding hydrogens is 232 g/mol. The van der Waals surface area contributed by atoms with Crippen LogP contribution in [-0.2, 0) is 11.3 Å². The summed E-state index contributed by atoms with van der Waals surface area (Å²) in [4.78, 5) is 15.4. The van der Waals surface area contributed by atoms with E-state index in [1.165, 1.54) is 0 Å². The number of aryl methyl sites for hydroxylation is 1. The van der Waals surface area contributed by atoms with E-state index in [1.807, 2.05) is 13.8 Å². The van der Waals surface area contributed by atoms with Gasteiger partial charge in [-0.1, -0.05) is 13.3 Å². The molecule has 0 aliphatic rings. The summed E-state index contributed by atoms with van der Waals surface area (Å²) >= 11 is 0. The molecule has 1 atom stereocenters. The predicted molar refractivity (Wildman–Crippen MR) is 68.4 cm³/mol. The van der Waals surface area contributed by atoms with Crippen molar-refractivity contribution in [3.63, 3.8) is 0 Å². The fourth-order valence-electron chi connectivity index (χ4n) is 1.78. The van der Waals surface area contributed by atoms with Crippen LogP contribution in [0, 0.1) is 6.92 Å². The highest BCUT2D eigenvalue weighted by Gasteiger charge is 2.31. The molecule has 5 nitrogen and oxygen atoms in total. The van der Waals surface area contributed by atoms with E-state index >= 15 is 0 Å². The maximum Gasteiger partial charge on any atom is 0.323 e. The molecule has 0 radical (unpaired) electrons. The molecule has 0 bridgehead atoms. The summed E-state index contributed by atoms with van der Waals surface area (Å²) < 4.78 is 0. The number of aliphatic carboxylic acids is 1. The number of carboxylic acids is 1. The average Bonchev–Trinajstić information content (AvgIpc) is 2.30. The molecule has 0 fully saturated rings. The number of pyridine rings is 1. The van der Waals surface area contributed by atoms with Crippen molar-refractivity contribution < 1.29 is 15.0 Å². The molecule has 18 heavy (non-hydrogen) atoms. The van der Waals surface area contributed by atoms with Crippen LogP contribution in [-0.4, -0.2) is 26.7 Å². The molecule has 100 valence electrons. The third-order valence-electron chi connectivity index (χ3n) is 2.96. The number of aromatic hydroxyl groups is 1. The van der Waals surface area contributed by atoms with Crippen molar-refractivity contribution in [2.45, 2.75) is 45.7 Å². The Morgan fingerprint density at radius 2 is 2.17 bits per heavy atom. The lowest BCUT2D eigenvalue weighted by molar-refractivity contribution is -0.144. The molecule has 1 heterocycles. The van der Waals surface area contributed by atoms with Crippen molar-refractivity contribution in [3.8, 4) is 5.75 Å². The monoisotopic (exact) mass is 252 g/mol. The van der Waals surface area contributed by atoms with Crippen molar-refractivity contribution in [1.82, 2.24) is 10.3 Å². The summed E-state index contributed by atoms with van der Waals surface area (Å²) in [5.41, 5.74) is 0.266. The van der Waals surface area contributed by atoms with Crippen molar-refractivity contribution in [1.29, 1.82) is 0 Å². The Morgan fingerprint density at radius 1 is 1.50 bits per heavy atom. The van der Waals surface area contributed by atoms with Gasteiger partial charge < -0.3 is 10.2 Å². The van der Waals surface area contributed by atoms with Gasteiger partial charge in [-0.25, -0.2) is 0 Å². The van der Waals surface area contributed by atoms with E-state index in [4.69, 9.17) is 0 Å². The van der Waals surface area contributed by atoms with Gasteiger partial charge in [0.2, 0.25) is 0 Å². The number of carbonyl (C=O) groups is 1. The first kappa shape index (κ1) is 14.4. The summed E-state index contributed by atoms with van der Waals surface area (Å²) in [5.74, 6) is -0.811. The zero-order valence-electron chi connectivity index (χ0n) is 11.0. The third kappa shape index (κ3) is 3.43. The fourth-order valence-corrected chi connectivity index (χ4v) is 1.78. The minimum atomic E-state index is -0.993. The van der Waals surface area contributed by atoms with Gasteiger partial charge in [-0.2, -0.15) is 0 Å². The molecule has 5 heteroatoms. The summed E-state index contributed by atoms with van der Waals surface area (Å²) in [5, 5.41) is 21.8. The van der Waals surface area contributed by atoms with E-state index in [-0.39, 0.29) is 12.3 Å². The topological polar surface area (TPSA) is 82.5 Å². The predicted octanol–water partition coefficient (Wildman–Crippen LogP) is 1.83. The van der Waals surface area contributed by atoms with Crippen LogP contribution in [0.5, 0.6) is 5.75 Å². The van der Waals surface area contributed by atoms with Gasteiger partial charge in [0.25, 0.3) is 0 Å². The maximum atomic E-state index is 11.2. The number of carboxylic acid groups (broad SMARTS) is 1. The van der Waals surface area contributed by atoms with Gasteiger partial charge in [-0.05, 0) is 32.4 Å². The van der Waals surface area contributed by atoms with Crippen LogP contribution in [0.1, 0.15) is 38.1 Å². The zero-order valence-corrected chi connectivity index (χ0v) is 11.0. The van der Waals surface area contributed by atoms with Crippen LogP contribution in [0.4, 0.5) is 0 Å². The molecule has 3 N–H and O–H groups in total. The molecule has 0 saturated heterocycles. The standard InChI is InChI=1S/C13H20N2O3/c1-4-7-13(3,12(17)18)14-8-10-11(16)6-5-9(2)15-10/h5-6,14,16H,4,7-8H2,1-3H3,(H,17,18). The number of hydrogen-bond acceptors (Lipinski definition) is 4. The lowest BCUT2D eigenvalue weighted by Crippen LogP contribution is -2.49. The Morgan fingerprint density at radius 3 is 2.72 bits per heavy atom. The van der Waals surface area contributed by atoms with Gasteiger partial charge >= 0.3 is 5.97 Å². The van der Waals surface area contributed by atoms with Crippen LogP contribution in [0.2, 0.25) is 0 Å². The normalized spacial score (nSPS) is 14.2. The quantitative estimate of drug-likeness (QED) is 0.719. The number of nitrogens with one attached hydrogen (secondary N) is 1. The van der Waals surface area contributed by atoms with E-state index in [1.54, 1.807) is 19.1 Å². The Bertz CT molecular complexity index is 434. The Hall–Kier alpha value is -1.62. The van der Waals surface area contributed by atoms with Crippen molar-refractivity contribution >= 4 is 5.97 Å². The number of nitrogens with zero attached hydrogens (tertiary/aromatic N) is 1. The molecule has 0 aliphatic heterocycles. The first-order chi connectivity index (χ1) is 8.39. The van der Waals surface area contributed by atoms with E-state index in [0.717, 1.165) is 12.1 Å². The number of hydrogen-bond donors (Lipinski definition) is 3. The van der Waals surface area contributed by atoms with E-state index in [9.17, 15) is 15.0 Å². The van der Waals surface area contributed by atoms with Crippen LogP contribution < -0.4 is 5.32 Å². The van der Waals surface area contributed by atoms with Gasteiger partial charge in [0.05, 0.1) is 5.69 Å². The molecule has 1 aromatic heterocycles. The van der Waals surface area contributed by atoms with Crippen molar-refractivity contribution in [3.05, 3.63) is 23.5 Å². The SMILES string of the molecule is CCCC(C)(NCc1nc(C)ccc1O)C(=O)O. The minimum absolute atomic E-state index is 0.0809. The smallest absolute Gasteiger partial charge is 0.323 e. The second-order valence-corrected chi connectivity index (χ2v) is 4.66. The van der Waals surface area contributed by atoms with Gasteiger partial charge in [-0.3, -0.25) is 15.1 Å². The second-order valence-electron chi connectivity index (χ2n) is 4.66. The first-order valence-corrected chi connectivity index (χ1v) is 6.03. The number of aromatic nitrogens is 1. The summed E-state index contributed by atoms with van der Waals surface area (Å²) in [6.07, 6.45) is 1.29. The van der Waals surface area contributed by atoms with Crippen molar-refractivity contribution in [2.75, 3.05) is 0 Å². The molecule has 1 rings (SSSR count). The molecule has 0 aliphatic carbocycles. The van der Waals surface area contributed by atoms with Crippen molar-refractivity contribution in [2.24, 2.45) is 0 Å². The molecule has 1 unspecified atom stereocenters. The van der Waals surface area contributed by atoms with E-state index in [2.05, 4.69) is 10.3 Å². The Labute approximate surface area is 107 Å². The summed E-state index contributed by atoms with van der Waals surface area (Å²) in [6.45, 7) is 5.64. The van der Waals surface area contributed by atoms with Gasteiger partial charge in [0, 0.05) is 12.2 Å². The van der Waals surface area contributed by atoms with Gasteiger partial charge in [0.1, 0.15) is 11.3 Å². The Kier molecular flexibility index (Phi) is 4.67. The maximum absolute atomic E-state index is 11.2. The zero-order chi connectivity index (χ0) is 13.8. The van der Waals surface area contributed by atoms with E-state index < -0.39 is 11.5 Å². The highest BCUT2D eigenvalue weighted by atomic mass is 16.4. The first-order valence-electron chi connectivity index (χ1n) is 6.03. The molecule has 0 saturated carbocycles. The molecule has 0 spiro atoms. The Balaban J connectivity index is 2.79. The summed E-state index contributed by atoms with van der Waals surface area (Å²) in [6, 6.07) is 3.28. The lowest BCUT2D eigenvalue weighted by Gasteiger charge is -2.25. The molecule has 0 amide bonds. The van der Waals surface area contributed by atoms with Crippen LogP contribution in [0.3, 0.4) is 0 Å². The van der Waals surface area contributed by atoms with Crippen LogP contribution in [0.25, 0.3) is 0 Å². The largest absolute Gasteiger partial charge is 0.506 e. The molecule has 1 aromatic rings. The third-order valence-corrected chi connectivity index (χ3v) is 2.96. The van der Waals surface area contributed by atoms with Gasteiger partial charge in [0.15, 0.2) is 0 Å². The minimum Gasteiger partial charge on any atom is -0.506 e. The number of rotatable bonds is 6. The van der Waals surface area contributed by atoms with Gasteiger partial charge in [-0.15, -0.1) is 0 Å². The lowest BCUT2D eigenvalue weighted by atomic mass is 9.96. The van der Waals surface area contributed by atoms with E-state index in [0.29, 0.717) is 12.1 Å². The average molecular weight is 252 g/mol. The van der Waals surface area contributed by atoms with Crippen LogP contribution in [0.15, 0.2) is 12.1 Å². The molecule has 0 aromatic carbocycles. The second kappa shape index (κ2) is 5.82. The highest BCUT2D eigenvalue weighted by Crippen LogP contribution is 2.18. The molecular formula is C13H20N2O3. The van der Waals surface area contributed by atoms with Crippen LogP contribution >= 0.6 is 0 Å². The fraction of sp³-hybridized carbons (Fsp3) is 0.538. The highest BCUT2D eigenvalue weighted by molar-refractivity contribution is 5.78. The summed E-state index contributed by atoms with van der Waals surface area (Å²) in [7, 11) is 0.